The van der Waals surface area contributed by atoms with Crippen LogP contribution in [0.1, 0.15) is 18.1 Å². The predicted octanol–water partition coefficient (Wildman–Crippen LogP) is 3.15. The van der Waals surface area contributed by atoms with Crippen molar-refractivity contribution in [2.24, 2.45) is 0 Å². The summed E-state index contributed by atoms with van der Waals surface area (Å²) in [4.78, 5) is 26.4. The number of amides is 1. The molecule has 0 aliphatic carbocycles. The van der Waals surface area contributed by atoms with Crippen molar-refractivity contribution in [1.82, 2.24) is 10.2 Å². The Labute approximate surface area is 158 Å². The molecule has 5 nitrogen and oxygen atoms in total. The second-order valence-corrected chi connectivity index (χ2v) is 6.10. The minimum Gasteiger partial charge on any atom is -0.463 e. The molecule has 1 N–H and O–H groups in total. The van der Waals surface area contributed by atoms with Crippen molar-refractivity contribution in [1.29, 1.82) is 0 Å². The largest absolute Gasteiger partial charge is 0.463 e. The number of esters is 1. The summed E-state index contributed by atoms with van der Waals surface area (Å²) in [7, 11) is 0. The average molecular weight is 362 g/mol. The van der Waals surface area contributed by atoms with Gasteiger partial charge in [-0.05, 0) is 24.1 Å². The predicted molar refractivity (Wildman–Crippen MR) is 103 cm³/mol. The molecule has 27 heavy (non-hydrogen) atoms. The topological polar surface area (TPSA) is 58.6 Å². The number of nitrogens with one attached hydrogen (secondary N) is 1. The molecule has 1 heterocycles. The zero-order chi connectivity index (χ0) is 19.1. The molecule has 0 spiro atoms. The molecular formula is C22H22N2O3. The van der Waals surface area contributed by atoms with Crippen LogP contribution in [0.4, 0.5) is 0 Å². The van der Waals surface area contributed by atoms with Crippen molar-refractivity contribution in [3.63, 3.8) is 0 Å². The van der Waals surface area contributed by atoms with E-state index in [-0.39, 0.29) is 12.5 Å². The van der Waals surface area contributed by atoms with Crippen LogP contribution in [0.5, 0.6) is 0 Å². The first-order chi connectivity index (χ1) is 13.2. The van der Waals surface area contributed by atoms with E-state index in [1.165, 1.54) is 6.08 Å². The van der Waals surface area contributed by atoms with E-state index >= 15 is 0 Å². The van der Waals surface area contributed by atoms with Gasteiger partial charge in [0.1, 0.15) is 5.70 Å². The molecule has 0 aromatic heterocycles. The lowest BCUT2D eigenvalue weighted by atomic mass is 10.2. The summed E-state index contributed by atoms with van der Waals surface area (Å²) in [5.41, 5.74) is 3.05. The summed E-state index contributed by atoms with van der Waals surface area (Å²) in [6, 6.07) is 19.5. The van der Waals surface area contributed by atoms with Crippen LogP contribution in [0, 0.1) is 0 Å². The van der Waals surface area contributed by atoms with E-state index in [9.17, 15) is 9.59 Å². The summed E-state index contributed by atoms with van der Waals surface area (Å²) < 4.78 is 5.00. The highest BCUT2D eigenvalue weighted by molar-refractivity contribution is 5.99. The van der Waals surface area contributed by atoms with Gasteiger partial charge in [-0.1, -0.05) is 60.7 Å². The molecule has 5 heteroatoms. The first kappa shape index (κ1) is 18.5. The van der Waals surface area contributed by atoms with Crippen LogP contribution >= 0.6 is 0 Å². The summed E-state index contributed by atoms with van der Waals surface area (Å²) in [5, 5.41) is 3.18. The van der Waals surface area contributed by atoms with Gasteiger partial charge in [-0.25, -0.2) is 4.79 Å². The molecule has 0 saturated heterocycles. The van der Waals surface area contributed by atoms with Crippen LogP contribution in [0.15, 0.2) is 84.2 Å². The lowest BCUT2D eigenvalue weighted by molar-refractivity contribution is -0.137. The Hall–Kier alpha value is -3.34. The van der Waals surface area contributed by atoms with Crippen LogP contribution < -0.4 is 5.32 Å². The van der Waals surface area contributed by atoms with Gasteiger partial charge in [-0.15, -0.1) is 0 Å². The molecule has 1 aliphatic heterocycles. The van der Waals surface area contributed by atoms with Gasteiger partial charge in [0.25, 0.3) is 5.91 Å². The molecule has 0 fully saturated rings. The second-order valence-electron chi connectivity index (χ2n) is 6.10. The van der Waals surface area contributed by atoms with E-state index < -0.39 is 5.97 Å². The van der Waals surface area contributed by atoms with Crippen molar-refractivity contribution in [3.8, 4) is 0 Å². The van der Waals surface area contributed by atoms with Crippen molar-refractivity contribution < 1.29 is 14.3 Å². The van der Waals surface area contributed by atoms with Crippen LogP contribution in [0.3, 0.4) is 0 Å². The molecule has 0 unspecified atom stereocenters. The van der Waals surface area contributed by atoms with E-state index in [2.05, 4.69) is 5.32 Å². The molecule has 138 valence electrons. The molecule has 2 aromatic carbocycles. The van der Waals surface area contributed by atoms with Gasteiger partial charge in [0, 0.05) is 12.6 Å². The fourth-order valence-corrected chi connectivity index (χ4v) is 2.82. The number of hydrogen-bond acceptors (Lipinski definition) is 4. The molecule has 2 aromatic rings. The smallest absolute Gasteiger partial charge is 0.332 e. The maximum atomic E-state index is 12.9. The molecular weight excluding hydrogens is 340 g/mol. The standard InChI is InChI=1S/C22H22N2O3/c1-2-27-21(25)14-19-13-20(23-15-17-9-5-3-6-10-17)22(26)24(19)16-18-11-7-4-8-12-18/h3-14,23H,2,15-16H2,1H3/b19-14+. The zero-order valence-electron chi connectivity index (χ0n) is 15.2. The fraction of sp³-hybridized carbons (Fsp3) is 0.182. The van der Waals surface area contributed by atoms with Crippen LogP contribution in [0.2, 0.25) is 0 Å². The lowest BCUT2D eigenvalue weighted by Gasteiger charge is -2.19. The SMILES string of the molecule is CCOC(=O)/C=C1\C=C(NCc2ccccc2)C(=O)N1Cc1ccccc1. The minimum atomic E-state index is -0.459. The highest BCUT2D eigenvalue weighted by atomic mass is 16.5. The molecule has 0 atom stereocenters. The van der Waals surface area contributed by atoms with Crippen molar-refractivity contribution >= 4 is 11.9 Å². The van der Waals surface area contributed by atoms with E-state index in [1.807, 2.05) is 60.7 Å². The second kappa shape index (κ2) is 8.85. The highest BCUT2D eigenvalue weighted by Crippen LogP contribution is 2.23. The third-order valence-corrected chi connectivity index (χ3v) is 4.14. The normalized spacial score (nSPS) is 15.0. The molecule has 0 saturated carbocycles. The summed E-state index contributed by atoms with van der Waals surface area (Å²) >= 11 is 0. The zero-order valence-corrected chi connectivity index (χ0v) is 15.2. The van der Waals surface area contributed by atoms with Gasteiger partial charge in [0.15, 0.2) is 0 Å². The summed E-state index contributed by atoms with van der Waals surface area (Å²) in [6.07, 6.45) is 3.06. The van der Waals surface area contributed by atoms with Gasteiger partial charge in [-0.3, -0.25) is 4.79 Å². The van der Waals surface area contributed by atoms with Crippen molar-refractivity contribution in [3.05, 3.63) is 95.3 Å². The summed E-state index contributed by atoms with van der Waals surface area (Å²) in [6.45, 7) is 2.96. The Kier molecular flexibility index (Phi) is 6.05. The van der Waals surface area contributed by atoms with E-state index in [1.54, 1.807) is 17.9 Å². The molecule has 1 amide bonds. The molecule has 0 radical (unpaired) electrons. The Balaban J connectivity index is 1.79. The number of nitrogens with zero attached hydrogens (tertiary/aromatic N) is 1. The maximum Gasteiger partial charge on any atom is 0.332 e. The van der Waals surface area contributed by atoms with Gasteiger partial charge in [0.2, 0.25) is 0 Å². The third kappa shape index (κ3) is 4.85. The Bertz CT molecular complexity index is 858. The van der Waals surface area contributed by atoms with Crippen LogP contribution in [-0.4, -0.2) is 23.4 Å². The number of carbonyl (C=O) groups excluding carboxylic acids is 2. The van der Waals surface area contributed by atoms with E-state index in [4.69, 9.17) is 4.74 Å². The van der Waals surface area contributed by atoms with E-state index in [0.717, 1.165) is 11.1 Å². The first-order valence-corrected chi connectivity index (χ1v) is 8.91. The Morgan fingerprint density at radius 1 is 1.04 bits per heavy atom. The molecule has 1 aliphatic rings. The van der Waals surface area contributed by atoms with Crippen molar-refractivity contribution in [2.45, 2.75) is 20.0 Å². The quantitative estimate of drug-likeness (QED) is 0.607. The lowest BCUT2D eigenvalue weighted by Crippen LogP contribution is -2.29. The van der Waals surface area contributed by atoms with E-state index in [0.29, 0.717) is 24.5 Å². The van der Waals surface area contributed by atoms with Gasteiger partial charge >= 0.3 is 5.97 Å². The number of hydrogen-bond donors (Lipinski definition) is 1. The van der Waals surface area contributed by atoms with Gasteiger partial charge < -0.3 is 15.0 Å². The number of rotatable bonds is 7. The number of ether oxygens (including phenoxy) is 1. The Morgan fingerprint density at radius 3 is 2.30 bits per heavy atom. The number of benzene rings is 2. The maximum absolute atomic E-state index is 12.9. The summed E-state index contributed by atoms with van der Waals surface area (Å²) in [5.74, 6) is -0.621. The van der Waals surface area contributed by atoms with Crippen molar-refractivity contribution in [2.75, 3.05) is 6.61 Å². The fourth-order valence-electron chi connectivity index (χ4n) is 2.82. The van der Waals surface area contributed by atoms with Gasteiger partial charge in [-0.2, -0.15) is 0 Å². The molecule has 3 rings (SSSR count). The Morgan fingerprint density at radius 2 is 1.67 bits per heavy atom. The minimum absolute atomic E-state index is 0.162. The highest BCUT2D eigenvalue weighted by Gasteiger charge is 2.29. The monoisotopic (exact) mass is 362 g/mol. The number of allylic oxidation sites excluding steroid dienone is 1. The van der Waals surface area contributed by atoms with Crippen LogP contribution in [-0.2, 0) is 27.4 Å². The first-order valence-electron chi connectivity index (χ1n) is 8.91. The number of carbonyl (C=O) groups is 2. The molecule has 0 bridgehead atoms. The third-order valence-electron chi connectivity index (χ3n) is 4.14. The van der Waals surface area contributed by atoms with Crippen LogP contribution in [0.25, 0.3) is 0 Å². The van der Waals surface area contributed by atoms with Gasteiger partial charge in [0.05, 0.1) is 18.8 Å². The average Bonchev–Trinajstić information content (AvgIpc) is 2.97.